The predicted molar refractivity (Wildman–Crippen MR) is 115 cm³/mol. The van der Waals surface area contributed by atoms with Crippen LogP contribution in [0.25, 0.3) is 0 Å². The van der Waals surface area contributed by atoms with Crippen molar-refractivity contribution in [3.8, 4) is 5.75 Å². The van der Waals surface area contributed by atoms with Crippen LogP contribution in [0.4, 0.5) is 0 Å². The fourth-order valence-corrected chi connectivity index (χ4v) is 4.71. The number of rotatable bonds is 10. The van der Waals surface area contributed by atoms with Crippen LogP contribution < -0.4 is 10.3 Å². The van der Waals surface area contributed by atoms with Crippen molar-refractivity contribution in [1.82, 2.24) is 4.31 Å². The van der Waals surface area contributed by atoms with Gasteiger partial charge in [-0.3, -0.25) is 0 Å². The molecule has 3 N–H and O–H groups in total. The predicted octanol–water partition coefficient (Wildman–Crippen LogP) is 2.43. The Balaban J connectivity index is 2.19. The number of nitrogens with zero attached hydrogens (tertiary/aromatic N) is 1. The van der Waals surface area contributed by atoms with Crippen LogP contribution in [-0.4, -0.2) is 43.1 Å². The Bertz CT molecular complexity index is 846. The third-order valence-corrected chi connectivity index (χ3v) is 6.45. The van der Waals surface area contributed by atoms with Crippen molar-refractivity contribution < 1.29 is 18.0 Å². The molecule has 1 unspecified atom stereocenters. The highest BCUT2D eigenvalue weighted by atomic mass is 32.2. The summed E-state index contributed by atoms with van der Waals surface area (Å²) in [5, 5.41) is 10.6. The maximum absolute atomic E-state index is 13.2. The Labute approximate surface area is 170 Å². The van der Waals surface area contributed by atoms with Crippen molar-refractivity contribution in [1.29, 1.82) is 0 Å². The molecule has 0 bridgehead atoms. The first-order chi connectivity index (χ1) is 13.2. The van der Waals surface area contributed by atoms with Gasteiger partial charge in [-0.05, 0) is 30.0 Å². The Kier molecular flexibility index (Phi) is 8.40. The van der Waals surface area contributed by atoms with Gasteiger partial charge in [-0.25, -0.2) is 8.42 Å². The van der Waals surface area contributed by atoms with E-state index in [1.807, 2.05) is 44.2 Å². The van der Waals surface area contributed by atoms with E-state index < -0.39 is 22.2 Å². The van der Waals surface area contributed by atoms with Gasteiger partial charge in [-0.15, -0.1) is 0 Å². The summed E-state index contributed by atoms with van der Waals surface area (Å²) in [6, 6.07) is 15.3. The van der Waals surface area contributed by atoms with E-state index in [0.29, 0.717) is 12.2 Å². The lowest BCUT2D eigenvalue weighted by Gasteiger charge is -2.28. The van der Waals surface area contributed by atoms with Gasteiger partial charge in [-0.1, -0.05) is 50.2 Å². The summed E-state index contributed by atoms with van der Waals surface area (Å²) in [4.78, 5) is 0.122. The third kappa shape index (κ3) is 6.26. The van der Waals surface area contributed by atoms with E-state index in [1.165, 1.54) is 16.4 Å². The van der Waals surface area contributed by atoms with Gasteiger partial charge in [0, 0.05) is 25.2 Å². The quantitative estimate of drug-likeness (QED) is 0.572. The molecule has 8 heteroatoms. The molecule has 6 nitrogen and oxygen atoms in total. The van der Waals surface area contributed by atoms with Gasteiger partial charge < -0.3 is 15.4 Å². The standard InChI is InChI=1S/C20H29N2O4PS/c1-15(2)13-22(28(24,25)18-10-6-9-17(12-18)26-27)14-20(23)19(21)11-16-7-4-3-5-8-16/h3-10,12,15,19-20,23H,11,13-14,21,27H2,1-2H3/t19-,20+/m0/s1. The molecule has 3 atom stereocenters. The first kappa shape index (κ1) is 22.8. The largest absolute Gasteiger partial charge is 0.480 e. The van der Waals surface area contributed by atoms with Crippen LogP contribution in [0.15, 0.2) is 59.5 Å². The lowest BCUT2D eigenvalue weighted by Crippen LogP contribution is -2.47. The summed E-state index contributed by atoms with van der Waals surface area (Å²) in [5.41, 5.74) is 7.16. The summed E-state index contributed by atoms with van der Waals surface area (Å²) >= 11 is 0. The first-order valence-electron chi connectivity index (χ1n) is 9.18. The van der Waals surface area contributed by atoms with Crippen LogP contribution >= 0.6 is 9.47 Å². The number of aliphatic hydroxyl groups excluding tert-OH is 1. The number of aliphatic hydroxyl groups is 1. The molecule has 0 radical (unpaired) electrons. The lowest BCUT2D eigenvalue weighted by molar-refractivity contribution is 0.116. The van der Waals surface area contributed by atoms with Gasteiger partial charge in [0.1, 0.15) is 5.75 Å². The van der Waals surface area contributed by atoms with E-state index in [0.717, 1.165) is 5.56 Å². The van der Waals surface area contributed by atoms with E-state index in [2.05, 4.69) is 9.47 Å². The van der Waals surface area contributed by atoms with Gasteiger partial charge in [-0.2, -0.15) is 4.31 Å². The highest BCUT2D eigenvalue weighted by Crippen LogP contribution is 2.23. The maximum Gasteiger partial charge on any atom is 0.243 e. The van der Waals surface area contributed by atoms with E-state index in [-0.39, 0.29) is 23.9 Å². The fraction of sp³-hybridized carbons (Fsp3) is 0.400. The van der Waals surface area contributed by atoms with Crippen molar-refractivity contribution in [2.24, 2.45) is 11.7 Å². The van der Waals surface area contributed by atoms with Crippen molar-refractivity contribution in [3.05, 3.63) is 60.2 Å². The van der Waals surface area contributed by atoms with E-state index >= 15 is 0 Å². The van der Waals surface area contributed by atoms with Gasteiger partial charge in [0.05, 0.1) is 20.5 Å². The molecular weight excluding hydrogens is 395 g/mol. The van der Waals surface area contributed by atoms with Crippen LogP contribution in [0.5, 0.6) is 5.75 Å². The molecule has 2 rings (SSSR count). The Morgan fingerprint density at radius 3 is 2.39 bits per heavy atom. The molecule has 0 amide bonds. The van der Waals surface area contributed by atoms with Gasteiger partial charge in [0.25, 0.3) is 0 Å². The van der Waals surface area contributed by atoms with Crippen molar-refractivity contribution >= 4 is 19.5 Å². The Morgan fingerprint density at radius 1 is 1.11 bits per heavy atom. The molecular formula is C20H29N2O4PS. The average Bonchev–Trinajstić information content (AvgIpc) is 2.67. The summed E-state index contributed by atoms with van der Waals surface area (Å²) in [6.07, 6.45) is -0.525. The number of sulfonamides is 1. The minimum atomic E-state index is -3.80. The smallest absolute Gasteiger partial charge is 0.243 e. The monoisotopic (exact) mass is 424 g/mol. The average molecular weight is 425 g/mol. The lowest BCUT2D eigenvalue weighted by atomic mass is 10.0. The molecule has 2 aromatic rings. The Morgan fingerprint density at radius 2 is 1.79 bits per heavy atom. The number of hydrogen-bond donors (Lipinski definition) is 2. The van der Waals surface area contributed by atoms with Gasteiger partial charge in [0.15, 0.2) is 0 Å². The fourth-order valence-electron chi connectivity index (χ4n) is 2.90. The maximum atomic E-state index is 13.2. The summed E-state index contributed by atoms with van der Waals surface area (Å²) in [7, 11) is -1.70. The molecule has 0 aliphatic rings. The number of benzene rings is 2. The minimum Gasteiger partial charge on any atom is -0.480 e. The van der Waals surface area contributed by atoms with Crippen molar-refractivity contribution in [3.63, 3.8) is 0 Å². The first-order valence-corrected chi connectivity index (χ1v) is 11.1. The van der Waals surface area contributed by atoms with Gasteiger partial charge >= 0.3 is 0 Å². The molecule has 28 heavy (non-hydrogen) atoms. The van der Waals surface area contributed by atoms with E-state index in [4.69, 9.17) is 10.3 Å². The molecule has 0 heterocycles. The van der Waals surface area contributed by atoms with E-state index in [9.17, 15) is 13.5 Å². The van der Waals surface area contributed by atoms with Crippen LogP contribution in [0.2, 0.25) is 0 Å². The third-order valence-electron chi connectivity index (χ3n) is 4.35. The summed E-state index contributed by atoms with van der Waals surface area (Å²) in [6.45, 7) is 4.08. The van der Waals surface area contributed by atoms with Crippen LogP contribution in [-0.2, 0) is 16.4 Å². The molecule has 0 aliphatic carbocycles. The summed E-state index contributed by atoms with van der Waals surface area (Å²) < 4.78 is 32.7. The molecule has 2 aromatic carbocycles. The van der Waals surface area contributed by atoms with Crippen molar-refractivity contribution in [2.45, 2.75) is 37.3 Å². The van der Waals surface area contributed by atoms with Crippen LogP contribution in [0, 0.1) is 5.92 Å². The second-order valence-corrected chi connectivity index (χ2v) is 9.40. The molecule has 0 spiro atoms. The van der Waals surface area contributed by atoms with Crippen LogP contribution in [0.1, 0.15) is 19.4 Å². The molecule has 0 saturated heterocycles. The highest BCUT2D eigenvalue weighted by Gasteiger charge is 2.29. The molecule has 0 saturated carbocycles. The van der Waals surface area contributed by atoms with Gasteiger partial charge in [0.2, 0.25) is 10.0 Å². The zero-order chi connectivity index (χ0) is 20.7. The number of nitrogens with two attached hydrogens (primary N) is 1. The Hall–Kier alpha value is -1.50. The second-order valence-electron chi connectivity index (χ2n) is 7.23. The summed E-state index contributed by atoms with van der Waals surface area (Å²) in [5.74, 6) is 0.519. The molecule has 0 fully saturated rings. The zero-order valence-electron chi connectivity index (χ0n) is 16.2. The molecule has 0 aliphatic heterocycles. The second kappa shape index (κ2) is 10.3. The van der Waals surface area contributed by atoms with Crippen LogP contribution in [0.3, 0.4) is 0 Å². The number of hydrogen-bond acceptors (Lipinski definition) is 5. The molecule has 0 aromatic heterocycles. The van der Waals surface area contributed by atoms with E-state index in [1.54, 1.807) is 12.1 Å². The van der Waals surface area contributed by atoms with Crippen molar-refractivity contribution in [2.75, 3.05) is 13.1 Å². The SMILES string of the molecule is CC(C)CN(C[C@@H](O)[C@@H](N)Cc1ccccc1)S(=O)(=O)c1cccc(OP)c1. The topological polar surface area (TPSA) is 92.9 Å². The normalized spacial score (nSPS) is 14.2. The zero-order valence-corrected chi connectivity index (χ0v) is 18.2. The minimum absolute atomic E-state index is 0.0690. The highest BCUT2D eigenvalue weighted by molar-refractivity contribution is 7.89. The molecule has 154 valence electrons.